The fraction of sp³-hybridized carbons (Fsp3) is 0.292. The molecule has 1 atom stereocenters. The van der Waals surface area contributed by atoms with Gasteiger partial charge in [-0.05, 0) is 42.5 Å². The molecule has 1 saturated heterocycles. The second kappa shape index (κ2) is 9.57. The maximum Gasteiger partial charge on any atom is 0.258 e. The van der Waals surface area contributed by atoms with Gasteiger partial charge in [0, 0.05) is 43.6 Å². The molecule has 3 heterocycles. The summed E-state index contributed by atoms with van der Waals surface area (Å²) < 4.78 is 12.3. The smallest absolute Gasteiger partial charge is 0.258 e. The molecule has 1 amide bonds. The molecule has 160 valence electrons. The summed E-state index contributed by atoms with van der Waals surface area (Å²) in [7, 11) is 1.45. The molecular weight excluding hydrogens is 394 g/mol. The highest BCUT2D eigenvalue weighted by molar-refractivity contribution is 5.97. The summed E-state index contributed by atoms with van der Waals surface area (Å²) >= 11 is 0. The Morgan fingerprint density at radius 1 is 1.19 bits per heavy atom. The van der Waals surface area contributed by atoms with Crippen molar-refractivity contribution in [3.8, 4) is 11.4 Å². The first kappa shape index (κ1) is 20.8. The number of methoxy groups -OCH3 is 1. The molecule has 31 heavy (non-hydrogen) atoms. The van der Waals surface area contributed by atoms with Crippen molar-refractivity contribution in [2.75, 3.05) is 20.3 Å². The molecule has 1 aromatic carbocycles. The highest BCUT2D eigenvalue weighted by atomic mass is 16.5. The zero-order valence-corrected chi connectivity index (χ0v) is 17.4. The van der Waals surface area contributed by atoms with Crippen molar-refractivity contribution < 1.29 is 14.3 Å². The molecule has 1 N–H and O–H groups in total. The van der Waals surface area contributed by atoms with Gasteiger partial charge in [-0.15, -0.1) is 0 Å². The largest absolute Gasteiger partial charge is 0.496 e. The van der Waals surface area contributed by atoms with Crippen LogP contribution in [-0.2, 0) is 4.74 Å². The lowest BCUT2D eigenvalue weighted by Crippen LogP contribution is -2.36. The molecule has 0 bridgehead atoms. The normalized spacial score (nSPS) is 15.3. The van der Waals surface area contributed by atoms with E-state index in [2.05, 4.69) is 10.3 Å². The van der Waals surface area contributed by atoms with Gasteiger partial charge >= 0.3 is 0 Å². The van der Waals surface area contributed by atoms with Crippen LogP contribution in [0.4, 0.5) is 0 Å². The van der Waals surface area contributed by atoms with Gasteiger partial charge in [-0.2, -0.15) is 0 Å². The Kier molecular flexibility index (Phi) is 6.43. The Bertz CT molecular complexity index is 1080. The van der Waals surface area contributed by atoms with Crippen LogP contribution in [0.1, 0.15) is 34.8 Å². The number of carbonyl (C=O) groups excluding carboxylic acids is 1. The number of ether oxygens (including phenoxy) is 2. The van der Waals surface area contributed by atoms with Gasteiger partial charge in [0.05, 0.1) is 18.7 Å². The highest BCUT2D eigenvalue weighted by Gasteiger charge is 2.28. The minimum absolute atomic E-state index is 0.216. The molecule has 0 radical (unpaired) electrons. The van der Waals surface area contributed by atoms with Gasteiger partial charge in [0.1, 0.15) is 5.75 Å². The topological polar surface area (TPSA) is 82.5 Å². The molecule has 1 aliphatic rings. The van der Waals surface area contributed by atoms with Gasteiger partial charge in [0.15, 0.2) is 0 Å². The third-order valence-corrected chi connectivity index (χ3v) is 5.58. The number of carbonyl (C=O) groups is 1. The van der Waals surface area contributed by atoms with Crippen LogP contribution in [0.5, 0.6) is 5.75 Å². The predicted octanol–water partition coefficient (Wildman–Crippen LogP) is 3.14. The highest BCUT2D eigenvalue weighted by Crippen LogP contribution is 2.30. The third kappa shape index (κ3) is 4.67. The van der Waals surface area contributed by atoms with Crippen LogP contribution in [0.15, 0.2) is 71.9 Å². The van der Waals surface area contributed by atoms with Crippen molar-refractivity contribution >= 4 is 5.91 Å². The summed E-state index contributed by atoms with van der Waals surface area (Å²) in [5.74, 6) is 0.168. The first-order valence-electron chi connectivity index (χ1n) is 10.3. The maximum atomic E-state index is 13.4. The van der Waals surface area contributed by atoms with Gasteiger partial charge in [-0.1, -0.05) is 24.3 Å². The summed E-state index contributed by atoms with van der Waals surface area (Å²) in [5, 5.41) is 3.16. The van der Waals surface area contributed by atoms with Gasteiger partial charge in [0.2, 0.25) is 0 Å². The molecule has 7 heteroatoms. The van der Waals surface area contributed by atoms with E-state index in [1.165, 1.54) is 23.9 Å². The molecule has 4 rings (SSSR count). The van der Waals surface area contributed by atoms with Gasteiger partial charge in [-0.3, -0.25) is 19.1 Å². The second-order valence-corrected chi connectivity index (χ2v) is 7.49. The summed E-state index contributed by atoms with van der Waals surface area (Å²) in [6.07, 6.45) is 6.73. The lowest BCUT2D eigenvalue weighted by molar-refractivity contribution is 0.0513. The SMILES string of the molecule is COc1cc(=O)n(-c2ccccc2)cc1C(=O)NC(c1cccnc1)C1CCOCC1. The van der Waals surface area contributed by atoms with E-state index in [9.17, 15) is 9.59 Å². The number of hydrogen-bond acceptors (Lipinski definition) is 5. The van der Waals surface area contributed by atoms with Crippen LogP contribution in [0, 0.1) is 5.92 Å². The average molecular weight is 419 g/mol. The number of nitrogens with zero attached hydrogens (tertiary/aromatic N) is 2. The first-order valence-corrected chi connectivity index (χ1v) is 10.3. The van der Waals surface area contributed by atoms with Crippen LogP contribution in [-0.4, -0.2) is 35.8 Å². The number of pyridine rings is 2. The van der Waals surface area contributed by atoms with E-state index in [0.717, 1.165) is 18.4 Å². The number of nitrogens with one attached hydrogen (secondary N) is 1. The van der Waals surface area contributed by atoms with E-state index in [1.54, 1.807) is 12.4 Å². The van der Waals surface area contributed by atoms with Crippen LogP contribution < -0.4 is 15.6 Å². The van der Waals surface area contributed by atoms with Crippen molar-refractivity contribution in [1.82, 2.24) is 14.9 Å². The van der Waals surface area contributed by atoms with Crippen LogP contribution in [0.25, 0.3) is 5.69 Å². The fourth-order valence-electron chi connectivity index (χ4n) is 3.95. The standard InChI is InChI=1S/C24H25N3O4/c1-30-21-14-22(28)27(19-7-3-2-4-8-19)16-20(21)24(29)26-23(17-9-12-31-13-10-17)18-6-5-11-25-15-18/h2-8,11,14-17,23H,9-10,12-13H2,1H3,(H,26,29). The van der Waals surface area contributed by atoms with Gasteiger partial charge in [0.25, 0.3) is 11.5 Å². The average Bonchev–Trinajstić information content (AvgIpc) is 2.83. The van der Waals surface area contributed by atoms with E-state index in [4.69, 9.17) is 9.47 Å². The van der Waals surface area contributed by atoms with Gasteiger partial charge < -0.3 is 14.8 Å². The van der Waals surface area contributed by atoms with E-state index in [0.29, 0.717) is 24.5 Å². The number of benzene rings is 1. The molecule has 7 nitrogen and oxygen atoms in total. The number of amides is 1. The van der Waals surface area contributed by atoms with Crippen molar-refractivity contribution in [3.63, 3.8) is 0 Å². The minimum Gasteiger partial charge on any atom is -0.496 e. The number of rotatable bonds is 6. The van der Waals surface area contributed by atoms with Crippen molar-refractivity contribution in [1.29, 1.82) is 0 Å². The fourth-order valence-corrected chi connectivity index (χ4v) is 3.95. The van der Waals surface area contributed by atoms with E-state index in [1.807, 2.05) is 42.5 Å². The predicted molar refractivity (Wildman–Crippen MR) is 117 cm³/mol. The number of para-hydroxylation sites is 1. The zero-order chi connectivity index (χ0) is 21.6. The van der Waals surface area contributed by atoms with E-state index >= 15 is 0 Å². The van der Waals surface area contributed by atoms with Crippen molar-refractivity contribution in [2.45, 2.75) is 18.9 Å². The van der Waals surface area contributed by atoms with Crippen LogP contribution in [0.3, 0.4) is 0 Å². The number of hydrogen-bond donors (Lipinski definition) is 1. The summed E-state index contributed by atoms with van der Waals surface area (Å²) in [6, 6.07) is 14.1. The molecule has 0 spiro atoms. The summed E-state index contributed by atoms with van der Waals surface area (Å²) in [5.41, 5.74) is 1.65. The molecule has 0 aliphatic carbocycles. The molecule has 3 aromatic rings. The Labute approximate surface area is 180 Å². The molecule has 0 saturated carbocycles. The Morgan fingerprint density at radius 2 is 1.97 bits per heavy atom. The Hall–Kier alpha value is -3.45. The molecule has 2 aromatic heterocycles. The summed E-state index contributed by atoms with van der Waals surface area (Å²) in [4.78, 5) is 30.2. The molecule has 1 fully saturated rings. The lowest BCUT2D eigenvalue weighted by Gasteiger charge is -2.31. The van der Waals surface area contributed by atoms with Crippen molar-refractivity contribution in [2.24, 2.45) is 5.92 Å². The second-order valence-electron chi connectivity index (χ2n) is 7.49. The van der Waals surface area contributed by atoms with E-state index in [-0.39, 0.29) is 29.2 Å². The quantitative estimate of drug-likeness (QED) is 0.664. The van der Waals surface area contributed by atoms with E-state index < -0.39 is 0 Å². The maximum absolute atomic E-state index is 13.4. The zero-order valence-electron chi connectivity index (χ0n) is 17.4. The Balaban J connectivity index is 1.69. The lowest BCUT2D eigenvalue weighted by atomic mass is 9.87. The molecule has 1 aliphatic heterocycles. The monoisotopic (exact) mass is 419 g/mol. The number of aromatic nitrogens is 2. The Morgan fingerprint density at radius 3 is 2.65 bits per heavy atom. The van der Waals surface area contributed by atoms with Gasteiger partial charge in [-0.25, -0.2) is 0 Å². The van der Waals surface area contributed by atoms with Crippen molar-refractivity contribution in [3.05, 3.63) is 88.6 Å². The minimum atomic E-state index is -0.304. The third-order valence-electron chi connectivity index (χ3n) is 5.58. The van der Waals surface area contributed by atoms with Crippen LogP contribution >= 0.6 is 0 Å². The molecule has 1 unspecified atom stereocenters. The molecular formula is C24H25N3O4. The van der Waals surface area contributed by atoms with Crippen LogP contribution in [0.2, 0.25) is 0 Å². The first-order chi connectivity index (χ1) is 15.2. The summed E-state index contributed by atoms with van der Waals surface area (Å²) in [6.45, 7) is 1.33.